The molecule has 1 aliphatic carbocycles. The number of hydrogen-bond donors (Lipinski definition) is 0. The molecule has 1 fully saturated rings. The van der Waals surface area contributed by atoms with Crippen molar-refractivity contribution < 1.29 is 4.74 Å². The Hall–Kier alpha value is -2.05. The Balaban J connectivity index is 1.94. The van der Waals surface area contributed by atoms with E-state index >= 15 is 0 Å². The van der Waals surface area contributed by atoms with E-state index in [4.69, 9.17) is 4.74 Å². The molecular weight excluding hydrogens is 459 g/mol. The van der Waals surface area contributed by atoms with Crippen molar-refractivity contribution in [3.05, 3.63) is 71.4 Å². The third-order valence-corrected chi connectivity index (χ3v) is 18.2. The fourth-order valence-electron chi connectivity index (χ4n) is 5.89. The lowest BCUT2D eigenvalue weighted by Gasteiger charge is -2.42. The van der Waals surface area contributed by atoms with Crippen LogP contribution in [0.4, 0.5) is 0 Å². The summed E-state index contributed by atoms with van der Waals surface area (Å²) >= 11 is 0. The minimum absolute atomic E-state index is 0.233. The summed E-state index contributed by atoms with van der Waals surface area (Å²) in [4.78, 5) is 2.67. The second-order valence-corrected chi connectivity index (χ2v) is 22.6. The standard InChI is InChI=1S/C31H45NOSi2/c1-10-19-33-29-27(20-23(2)21-28(29)35(8,9)31(3,4)5)34(6,7)30-25-16-12-11-15-24(25)22-26(30)32-17-13-14-18-32/h10-12,15-16,20-22,30H,1,13-14,17-19H2,2-9H3. The lowest BCUT2D eigenvalue weighted by molar-refractivity contribution is 0.368. The number of ether oxygens (including phenoxy) is 1. The van der Waals surface area contributed by atoms with Gasteiger partial charge in [0.25, 0.3) is 0 Å². The van der Waals surface area contributed by atoms with Gasteiger partial charge in [0, 0.05) is 24.3 Å². The van der Waals surface area contributed by atoms with Crippen molar-refractivity contribution >= 4 is 32.6 Å². The van der Waals surface area contributed by atoms with Crippen LogP contribution < -0.4 is 15.1 Å². The smallest absolute Gasteiger partial charge is 0.118 e. The van der Waals surface area contributed by atoms with E-state index in [9.17, 15) is 0 Å². The number of fused-ring (bicyclic) bond motifs is 1. The molecular formula is C31H45NOSi2. The first-order chi connectivity index (χ1) is 16.4. The van der Waals surface area contributed by atoms with E-state index in [1.165, 1.54) is 58.7 Å². The Labute approximate surface area is 216 Å². The van der Waals surface area contributed by atoms with Crippen LogP contribution in [-0.4, -0.2) is 40.7 Å². The van der Waals surface area contributed by atoms with Gasteiger partial charge in [-0.15, -0.1) is 0 Å². The Morgan fingerprint density at radius 1 is 1.03 bits per heavy atom. The molecule has 0 spiro atoms. The van der Waals surface area contributed by atoms with Crippen LogP contribution in [-0.2, 0) is 0 Å². The van der Waals surface area contributed by atoms with Crippen LogP contribution in [0, 0.1) is 6.92 Å². The van der Waals surface area contributed by atoms with Gasteiger partial charge in [-0.05, 0) is 52.4 Å². The largest absolute Gasteiger partial charge is 0.490 e. The number of hydrogen-bond acceptors (Lipinski definition) is 2. The normalized spacial score (nSPS) is 18.5. The highest BCUT2D eigenvalue weighted by Gasteiger charge is 2.47. The molecule has 0 saturated carbocycles. The predicted octanol–water partition coefficient (Wildman–Crippen LogP) is 6.96. The molecule has 2 aromatic rings. The van der Waals surface area contributed by atoms with Gasteiger partial charge in [-0.25, -0.2) is 0 Å². The van der Waals surface area contributed by atoms with Gasteiger partial charge < -0.3 is 9.64 Å². The van der Waals surface area contributed by atoms with Crippen LogP contribution in [0.3, 0.4) is 0 Å². The second-order valence-electron chi connectivity index (χ2n) is 12.7. The molecule has 1 atom stereocenters. The number of allylic oxidation sites excluding steroid dienone is 1. The molecule has 1 saturated heterocycles. The maximum absolute atomic E-state index is 6.67. The van der Waals surface area contributed by atoms with E-state index in [1.54, 1.807) is 5.70 Å². The van der Waals surface area contributed by atoms with E-state index in [0.717, 1.165) is 0 Å². The average Bonchev–Trinajstić information content (AvgIpc) is 3.44. The highest BCUT2D eigenvalue weighted by molar-refractivity contribution is 6.95. The van der Waals surface area contributed by atoms with E-state index in [2.05, 4.69) is 108 Å². The molecule has 2 aromatic carbocycles. The van der Waals surface area contributed by atoms with Gasteiger partial charge in [-0.3, -0.25) is 0 Å². The van der Waals surface area contributed by atoms with Gasteiger partial charge in [-0.1, -0.05) is 102 Å². The SMILES string of the molecule is C=CCOc1c([Si](C)(C)C2C(N3CCCC3)=Cc3ccccc32)cc(C)cc1[Si](C)(C)C(C)(C)C. The molecule has 0 amide bonds. The summed E-state index contributed by atoms with van der Waals surface area (Å²) in [5.74, 6) is 1.17. The molecule has 4 heteroatoms. The fourth-order valence-corrected chi connectivity index (χ4v) is 11.9. The molecule has 2 aliphatic rings. The molecule has 188 valence electrons. The number of likely N-dealkylation sites (tertiary alicyclic amines) is 1. The zero-order valence-corrected chi connectivity index (χ0v) is 25.3. The quantitative estimate of drug-likeness (QED) is 0.299. The van der Waals surface area contributed by atoms with Crippen LogP contribution in [0.15, 0.2) is 54.8 Å². The molecule has 2 nitrogen and oxygen atoms in total. The third kappa shape index (κ3) is 4.60. The number of rotatable bonds is 7. The molecule has 0 aromatic heterocycles. The maximum Gasteiger partial charge on any atom is 0.118 e. The van der Waals surface area contributed by atoms with Gasteiger partial charge in [0.15, 0.2) is 0 Å². The van der Waals surface area contributed by atoms with Gasteiger partial charge in [0.1, 0.15) is 12.4 Å². The summed E-state index contributed by atoms with van der Waals surface area (Å²) in [7, 11) is -3.90. The molecule has 4 rings (SSSR count). The molecule has 1 heterocycles. The van der Waals surface area contributed by atoms with E-state index in [0.29, 0.717) is 12.1 Å². The summed E-state index contributed by atoms with van der Waals surface area (Å²) in [5.41, 5.74) is 6.27. The van der Waals surface area contributed by atoms with Crippen molar-refractivity contribution in [1.82, 2.24) is 4.90 Å². The first-order valence-corrected chi connectivity index (χ1v) is 19.4. The average molecular weight is 504 g/mol. The van der Waals surface area contributed by atoms with Gasteiger partial charge >= 0.3 is 0 Å². The Kier molecular flexibility index (Phi) is 7.02. The molecule has 1 aliphatic heterocycles. The van der Waals surface area contributed by atoms with Crippen LogP contribution >= 0.6 is 0 Å². The summed E-state index contributed by atoms with van der Waals surface area (Å²) in [6.45, 7) is 26.6. The first-order valence-electron chi connectivity index (χ1n) is 13.3. The van der Waals surface area contributed by atoms with E-state index in [-0.39, 0.29) is 5.04 Å². The summed E-state index contributed by atoms with van der Waals surface area (Å²) in [6, 6.07) is 14.0. The molecule has 0 radical (unpaired) electrons. The molecule has 1 unspecified atom stereocenters. The van der Waals surface area contributed by atoms with Crippen molar-refractivity contribution in [1.29, 1.82) is 0 Å². The minimum Gasteiger partial charge on any atom is -0.490 e. The van der Waals surface area contributed by atoms with E-state index < -0.39 is 16.1 Å². The van der Waals surface area contributed by atoms with Crippen molar-refractivity contribution in [2.45, 2.75) is 77.3 Å². The summed E-state index contributed by atoms with van der Waals surface area (Å²) in [5, 5.41) is 3.18. The Morgan fingerprint density at radius 2 is 1.66 bits per heavy atom. The molecule has 35 heavy (non-hydrogen) atoms. The lowest BCUT2D eigenvalue weighted by Crippen LogP contribution is -2.56. The summed E-state index contributed by atoms with van der Waals surface area (Å²) < 4.78 is 6.67. The van der Waals surface area contributed by atoms with Crippen molar-refractivity contribution in [3.63, 3.8) is 0 Å². The first kappa shape index (κ1) is 26.0. The number of benzene rings is 2. The third-order valence-electron chi connectivity index (χ3n) is 8.92. The number of aryl methyl sites for hydroxylation is 1. The van der Waals surface area contributed by atoms with Gasteiger partial charge in [0.2, 0.25) is 0 Å². The van der Waals surface area contributed by atoms with Crippen molar-refractivity contribution in [3.8, 4) is 5.75 Å². The lowest BCUT2D eigenvalue weighted by atomic mass is 10.1. The zero-order valence-electron chi connectivity index (χ0n) is 23.3. The van der Waals surface area contributed by atoms with Crippen LogP contribution in [0.5, 0.6) is 5.75 Å². The van der Waals surface area contributed by atoms with Gasteiger partial charge in [-0.2, -0.15) is 0 Å². The van der Waals surface area contributed by atoms with Crippen LogP contribution in [0.1, 0.15) is 55.8 Å². The van der Waals surface area contributed by atoms with Crippen LogP contribution in [0.25, 0.3) is 6.08 Å². The number of nitrogens with zero attached hydrogens (tertiary/aromatic N) is 1. The van der Waals surface area contributed by atoms with Crippen LogP contribution in [0.2, 0.25) is 31.2 Å². The maximum atomic E-state index is 6.67. The highest BCUT2D eigenvalue weighted by Crippen LogP contribution is 2.46. The van der Waals surface area contributed by atoms with Gasteiger partial charge in [0.05, 0.1) is 16.1 Å². The van der Waals surface area contributed by atoms with Crippen molar-refractivity contribution in [2.24, 2.45) is 0 Å². The highest BCUT2D eigenvalue weighted by atomic mass is 28.3. The monoisotopic (exact) mass is 503 g/mol. The fraction of sp³-hybridized carbons (Fsp3) is 0.484. The Morgan fingerprint density at radius 3 is 2.29 bits per heavy atom. The second kappa shape index (κ2) is 9.44. The summed E-state index contributed by atoms with van der Waals surface area (Å²) in [6.07, 6.45) is 7.00. The predicted molar refractivity (Wildman–Crippen MR) is 159 cm³/mol. The molecule has 0 bridgehead atoms. The topological polar surface area (TPSA) is 12.5 Å². The Bertz CT molecular complexity index is 1130. The zero-order chi connectivity index (χ0) is 25.6. The molecule has 0 N–H and O–H groups in total. The minimum atomic E-state index is -2.07. The van der Waals surface area contributed by atoms with E-state index in [1.807, 2.05) is 6.08 Å². The van der Waals surface area contributed by atoms with Crippen molar-refractivity contribution in [2.75, 3.05) is 19.7 Å².